The normalized spacial score (nSPS) is 46.0. The van der Waals surface area contributed by atoms with Crippen LogP contribution in [-0.2, 0) is 0 Å². The number of hydrogen-bond donors (Lipinski definition) is 0. The molecule has 8 atom stereocenters. The highest BCUT2D eigenvalue weighted by atomic mass is 19.4. The van der Waals surface area contributed by atoms with Crippen LogP contribution in [0, 0.1) is 46.8 Å². The number of halogens is 3. The van der Waals surface area contributed by atoms with Crippen molar-refractivity contribution in [2.45, 2.75) is 98.1 Å². The minimum absolute atomic E-state index is 0.120. The Labute approximate surface area is 158 Å². The van der Waals surface area contributed by atoms with Crippen LogP contribution in [0.25, 0.3) is 0 Å². The van der Waals surface area contributed by atoms with Gasteiger partial charge in [0.05, 0.1) is 0 Å². The summed E-state index contributed by atoms with van der Waals surface area (Å²) in [7, 11) is 0. The fourth-order valence-electron chi connectivity index (χ4n) is 7.96. The fraction of sp³-hybridized carbons (Fsp3) is 1.00. The summed E-state index contributed by atoms with van der Waals surface area (Å²) in [6.45, 7) is 9.43. The van der Waals surface area contributed by atoms with Crippen molar-refractivity contribution < 1.29 is 13.2 Å². The van der Waals surface area contributed by atoms with E-state index in [2.05, 4.69) is 27.7 Å². The van der Waals surface area contributed by atoms with E-state index in [1.54, 1.807) is 0 Å². The molecule has 0 bridgehead atoms. The summed E-state index contributed by atoms with van der Waals surface area (Å²) >= 11 is 0. The molecule has 3 aliphatic rings. The summed E-state index contributed by atoms with van der Waals surface area (Å²) in [4.78, 5) is 0. The average Bonchev–Trinajstić information content (AvgIpc) is 2.80. The van der Waals surface area contributed by atoms with Crippen LogP contribution in [0.4, 0.5) is 13.2 Å². The molecule has 3 heteroatoms. The second-order valence-corrected chi connectivity index (χ2v) is 10.2. The molecule has 3 rings (SSSR count). The summed E-state index contributed by atoms with van der Waals surface area (Å²) in [5.74, 6) is 3.83. The van der Waals surface area contributed by atoms with Gasteiger partial charge in [0.2, 0.25) is 0 Å². The van der Waals surface area contributed by atoms with Gasteiger partial charge in [-0.3, -0.25) is 0 Å². The third-order valence-electron chi connectivity index (χ3n) is 8.83. The Bertz CT molecular complexity index is 471. The highest BCUT2D eigenvalue weighted by molar-refractivity contribution is 5.06. The van der Waals surface area contributed by atoms with Crippen molar-refractivity contribution in [1.29, 1.82) is 0 Å². The van der Waals surface area contributed by atoms with Crippen molar-refractivity contribution in [3.63, 3.8) is 0 Å². The first-order valence-corrected chi connectivity index (χ1v) is 11.3. The molecular weight excluding hydrogens is 333 g/mol. The van der Waals surface area contributed by atoms with E-state index in [4.69, 9.17) is 0 Å². The monoisotopic (exact) mass is 372 g/mol. The molecule has 152 valence electrons. The minimum Gasteiger partial charge on any atom is -0.171 e. The van der Waals surface area contributed by atoms with Gasteiger partial charge in [0.1, 0.15) is 0 Å². The van der Waals surface area contributed by atoms with Gasteiger partial charge in [-0.25, -0.2) is 0 Å². The van der Waals surface area contributed by atoms with Gasteiger partial charge in [-0.05, 0) is 85.4 Å². The van der Waals surface area contributed by atoms with E-state index < -0.39 is 12.6 Å². The van der Waals surface area contributed by atoms with Crippen LogP contribution in [0.3, 0.4) is 0 Å². The van der Waals surface area contributed by atoms with Crippen LogP contribution in [0.1, 0.15) is 91.9 Å². The second kappa shape index (κ2) is 7.66. The molecular formula is C23H39F3. The lowest BCUT2D eigenvalue weighted by Gasteiger charge is -2.55. The van der Waals surface area contributed by atoms with Crippen LogP contribution >= 0.6 is 0 Å². The van der Waals surface area contributed by atoms with Crippen LogP contribution in [0.5, 0.6) is 0 Å². The van der Waals surface area contributed by atoms with Gasteiger partial charge in [0, 0.05) is 6.42 Å². The zero-order chi connectivity index (χ0) is 19.1. The van der Waals surface area contributed by atoms with Crippen molar-refractivity contribution in [2.24, 2.45) is 46.8 Å². The Kier molecular flexibility index (Phi) is 6.05. The lowest BCUT2D eigenvalue weighted by Crippen LogP contribution is -2.48. The SMILES string of the molecule is CCCC1C(CC(F)(F)F)CCC2C1CCC1(C)C(CCC)C(C)CC21. The average molecular weight is 373 g/mol. The van der Waals surface area contributed by atoms with E-state index in [1.165, 1.54) is 32.1 Å². The summed E-state index contributed by atoms with van der Waals surface area (Å²) in [5.41, 5.74) is 0.449. The summed E-state index contributed by atoms with van der Waals surface area (Å²) in [6.07, 6.45) is 5.71. The number of fused-ring (bicyclic) bond motifs is 3. The van der Waals surface area contributed by atoms with Crippen LogP contribution in [0.2, 0.25) is 0 Å². The molecule has 26 heavy (non-hydrogen) atoms. The fourth-order valence-corrected chi connectivity index (χ4v) is 7.96. The molecule has 0 aromatic heterocycles. The number of rotatable bonds is 5. The molecule has 3 aliphatic carbocycles. The second-order valence-electron chi connectivity index (χ2n) is 10.2. The first kappa shape index (κ1) is 20.5. The van der Waals surface area contributed by atoms with E-state index in [1.807, 2.05) is 0 Å². The molecule has 3 fully saturated rings. The molecule has 0 spiro atoms. The van der Waals surface area contributed by atoms with Gasteiger partial charge in [-0.15, -0.1) is 0 Å². The molecule has 0 amide bonds. The molecule has 0 aromatic rings. The summed E-state index contributed by atoms with van der Waals surface area (Å²) in [5, 5.41) is 0. The maximum Gasteiger partial charge on any atom is 0.389 e. The number of hydrogen-bond acceptors (Lipinski definition) is 0. The third kappa shape index (κ3) is 3.70. The highest BCUT2D eigenvalue weighted by Crippen LogP contribution is 2.65. The van der Waals surface area contributed by atoms with E-state index in [9.17, 15) is 13.2 Å². The Morgan fingerprint density at radius 2 is 1.65 bits per heavy atom. The molecule has 0 aliphatic heterocycles. The Morgan fingerprint density at radius 3 is 2.27 bits per heavy atom. The zero-order valence-electron chi connectivity index (χ0n) is 17.2. The van der Waals surface area contributed by atoms with E-state index in [-0.39, 0.29) is 5.92 Å². The molecule has 0 N–H and O–H groups in total. The van der Waals surface area contributed by atoms with E-state index in [0.717, 1.165) is 43.4 Å². The molecule has 8 unspecified atom stereocenters. The molecule has 0 heterocycles. The van der Waals surface area contributed by atoms with Crippen molar-refractivity contribution in [2.75, 3.05) is 0 Å². The molecule has 0 saturated heterocycles. The van der Waals surface area contributed by atoms with Gasteiger partial charge in [-0.1, -0.05) is 47.0 Å². The van der Waals surface area contributed by atoms with Gasteiger partial charge in [0.15, 0.2) is 0 Å². The van der Waals surface area contributed by atoms with Gasteiger partial charge in [0.25, 0.3) is 0 Å². The minimum atomic E-state index is -4.00. The molecule has 0 radical (unpaired) electrons. The van der Waals surface area contributed by atoms with Gasteiger partial charge < -0.3 is 0 Å². The summed E-state index contributed by atoms with van der Waals surface area (Å²) < 4.78 is 39.4. The molecule has 0 aromatic carbocycles. The first-order valence-electron chi connectivity index (χ1n) is 11.3. The van der Waals surface area contributed by atoms with Crippen LogP contribution < -0.4 is 0 Å². The largest absolute Gasteiger partial charge is 0.389 e. The topological polar surface area (TPSA) is 0 Å². The Balaban J connectivity index is 1.80. The smallest absolute Gasteiger partial charge is 0.171 e. The quantitative estimate of drug-likeness (QED) is 0.460. The van der Waals surface area contributed by atoms with E-state index >= 15 is 0 Å². The van der Waals surface area contributed by atoms with Crippen molar-refractivity contribution in [1.82, 2.24) is 0 Å². The third-order valence-corrected chi connectivity index (χ3v) is 8.83. The molecule has 0 nitrogen and oxygen atoms in total. The Hall–Kier alpha value is -0.210. The predicted octanol–water partition coefficient (Wildman–Crippen LogP) is 7.87. The highest BCUT2D eigenvalue weighted by Gasteiger charge is 2.58. The van der Waals surface area contributed by atoms with Crippen LogP contribution in [-0.4, -0.2) is 6.18 Å². The van der Waals surface area contributed by atoms with Crippen molar-refractivity contribution in [3.05, 3.63) is 0 Å². The predicted molar refractivity (Wildman–Crippen MR) is 102 cm³/mol. The van der Waals surface area contributed by atoms with Gasteiger partial charge in [-0.2, -0.15) is 13.2 Å². The maximum absolute atomic E-state index is 13.1. The zero-order valence-corrected chi connectivity index (χ0v) is 17.2. The lowest BCUT2D eigenvalue weighted by molar-refractivity contribution is -0.161. The van der Waals surface area contributed by atoms with Crippen LogP contribution in [0.15, 0.2) is 0 Å². The van der Waals surface area contributed by atoms with E-state index in [0.29, 0.717) is 23.2 Å². The standard InChI is InChI=1S/C23H39F3/c1-5-7-17-16(14-23(24,25)26)9-10-19-18(17)11-12-22(4)20(8-6-2)15(3)13-21(19)22/h15-21H,5-14H2,1-4H3. The maximum atomic E-state index is 13.1. The van der Waals surface area contributed by atoms with Crippen molar-refractivity contribution >= 4 is 0 Å². The first-order chi connectivity index (χ1) is 12.2. The lowest BCUT2D eigenvalue weighted by atomic mass is 9.50. The molecule has 3 saturated carbocycles. The number of alkyl halides is 3. The van der Waals surface area contributed by atoms with Gasteiger partial charge >= 0.3 is 6.18 Å². The summed E-state index contributed by atoms with van der Waals surface area (Å²) in [6, 6.07) is 0. The Morgan fingerprint density at radius 1 is 0.962 bits per heavy atom. The van der Waals surface area contributed by atoms with Crippen molar-refractivity contribution in [3.8, 4) is 0 Å².